The molecule has 7 heteroatoms. The molecule has 7 nitrogen and oxygen atoms in total. The molecule has 1 N–H and O–H groups in total. The largest absolute Gasteiger partial charge is 0.491 e. The summed E-state index contributed by atoms with van der Waals surface area (Å²) in [6, 6.07) is 13.2. The number of nitrogens with one attached hydrogen (secondary N) is 1. The Kier molecular flexibility index (Phi) is 5.37. The van der Waals surface area contributed by atoms with Gasteiger partial charge in [-0.3, -0.25) is 4.79 Å². The number of rotatable bonds is 5. The lowest BCUT2D eigenvalue weighted by molar-refractivity contribution is -0.0972. The highest BCUT2D eigenvalue weighted by molar-refractivity contribution is 5.91. The SMILES string of the molecule is CNC(=O)c1ccc(N2C[C@@H](COc3ccccc3)OC(C)(C)C2)nn1. The van der Waals surface area contributed by atoms with Gasteiger partial charge in [-0.1, -0.05) is 18.2 Å². The van der Waals surface area contributed by atoms with E-state index in [1.807, 2.05) is 50.2 Å². The number of ether oxygens (including phenoxy) is 2. The third-order valence-corrected chi connectivity index (χ3v) is 4.09. The van der Waals surface area contributed by atoms with E-state index < -0.39 is 0 Å². The van der Waals surface area contributed by atoms with Gasteiger partial charge in [0, 0.05) is 20.1 Å². The number of para-hydroxylation sites is 1. The highest BCUT2D eigenvalue weighted by atomic mass is 16.5. The number of carbonyl (C=O) groups is 1. The predicted octanol–water partition coefficient (Wildman–Crippen LogP) is 1.90. The van der Waals surface area contributed by atoms with Crippen LogP contribution in [0.25, 0.3) is 0 Å². The maximum atomic E-state index is 11.6. The lowest BCUT2D eigenvalue weighted by Crippen LogP contribution is -2.54. The number of aromatic nitrogens is 2. The fourth-order valence-corrected chi connectivity index (χ4v) is 3.01. The molecule has 0 radical (unpaired) electrons. The molecule has 0 aliphatic carbocycles. The van der Waals surface area contributed by atoms with Gasteiger partial charge in [0.15, 0.2) is 11.5 Å². The van der Waals surface area contributed by atoms with Gasteiger partial charge in [0.25, 0.3) is 5.91 Å². The van der Waals surface area contributed by atoms with Crippen LogP contribution in [-0.2, 0) is 4.74 Å². The minimum atomic E-state index is -0.343. The molecule has 1 fully saturated rings. The predicted molar refractivity (Wildman–Crippen MR) is 98.5 cm³/mol. The van der Waals surface area contributed by atoms with Crippen LogP contribution in [0.3, 0.4) is 0 Å². The molecule has 0 saturated carbocycles. The number of amides is 1. The van der Waals surface area contributed by atoms with Gasteiger partial charge in [0.05, 0.1) is 5.60 Å². The molecular formula is C19H24N4O3. The van der Waals surface area contributed by atoms with Crippen molar-refractivity contribution >= 4 is 11.7 Å². The fraction of sp³-hybridized carbons (Fsp3) is 0.421. The van der Waals surface area contributed by atoms with Crippen LogP contribution in [0.5, 0.6) is 5.75 Å². The van der Waals surface area contributed by atoms with Gasteiger partial charge in [0.1, 0.15) is 18.5 Å². The molecular weight excluding hydrogens is 332 g/mol. The van der Waals surface area contributed by atoms with Crippen LogP contribution in [0.4, 0.5) is 5.82 Å². The first-order chi connectivity index (χ1) is 12.5. The number of anilines is 1. The number of hydrogen-bond donors (Lipinski definition) is 1. The van der Waals surface area contributed by atoms with E-state index in [-0.39, 0.29) is 17.6 Å². The average Bonchev–Trinajstić information content (AvgIpc) is 2.65. The number of hydrogen-bond acceptors (Lipinski definition) is 6. The molecule has 3 rings (SSSR count). The zero-order valence-corrected chi connectivity index (χ0v) is 15.3. The van der Waals surface area contributed by atoms with Gasteiger partial charge in [-0.05, 0) is 38.1 Å². The van der Waals surface area contributed by atoms with Crippen molar-refractivity contribution in [1.29, 1.82) is 0 Å². The molecule has 1 amide bonds. The Bertz CT molecular complexity index is 734. The van der Waals surface area contributed by atoms with E-state index in [0.717, 1.165) is 11.6 Å². The molecule has 0 bridgehead atoms. The number of nitrogens with zero attached hydrogens (tertiary/aromatic N) is 3. The van der Waals surface area contributed by atoms with Crippen molar-refractivity contribution in [2.24, 2.45) is 0 Å². The summed E-state index contributed by atoms with van der Waals surface area (Å²) in [6.07, 6.45) is -0.0978. The van der Waals surface area contributed by atoms with Crippen LogP contribution < -0.4 is 15.0 Å². The van der Waals surface area contributed by atoms with Crippen molar-refractivity contribution in [2.45, 2.75) is 25.6 Å². The van der Waals surface area contributed by atoms with Gasteiger partial charge < -0.3 is 19.7 Å². The molecule has 1 aliphatic rings. The molecule has 1 saturated heterocycles. The standard InChI is InChI=1S/C19H24N4O3/c1-19(2)13-23(17-10-9-16(21-22-17)18(24)20-3)11-15(26-19)12-25-14-7-5-4-6-8-14/h4-10,15H,11-13H2,1-3H3,(H,20,24)/t15-/m0/s1. The highest BCUT2D eigenvalue weighted by Gasteiger charge is 2.34. The lowest BCUT2D eigenvalue weighted by atomic mass is 10.1. The summed E-state index contributed by atoms with van der Waals surface area (Å²) in [5.41, 5.74) is -0.0443. The summed E-state index contributed by atoms with van der Waals surface area (Å²) in [6.45, 7) is 5.86. The minimum absolute atomic E-state index is 0.0978. The summed E-state index contributed by atoms with van der Waals surface area (Å²) >= 11 is 0. The first-order valence-corrected chi connectivity index (χ1v) is 8.63. The fourth-order valence-electron chi connectivity index (χ4n) is 3.01. The molecule has 2 heterocycles. The lowest BCUT2D eigenvalue weighted by Gasteiger charge is -2.43. The van der Waals surface area contributed by atoms with Crippen LogP contribution >= 0.6 is 0 Å². The van der Waals surface area contributed by atoms with E-state index in [0.29, 0.717) is 25.4 Å². The summed E-state index contributed by atoms with van der Waals surface area (Å²) in [4.78, 5) is 13.7. The third-order valence-electron chi connectivity index (χ3n) is 4.09. The van der Waals surface area contributed by atoms with E-state index >= 15 is 0 Å². The quantitative estimate of drug-likeness (QED) is 0.882. The van der Waals surface area contributed by atoms with Gasteiger partial charge in [0.2, 0.25) is 0 Å². The topological polar surface area (TPSA) is 76.6 Å². The Morgan fingerprint density at radius 3 is 2.69 bits per heavy atom. The van der Waals surface area contributed by atoms with Crippen LogP contribution in [0.15, 0.2) is 42.5 Å². The molecule has 2 aromatic rings. The van der Waals surface area contributed by atoms with Crippen LogP contribution in [0, 0.1) is 0 Å². The van der Waals surface area contributed by atoms with Crippen molar-refractivity contribution in [2.75, 3.05) is 31.6 Å². The first kappa shape index (κ1) is 18.1. The maximum Gasteiger partial charge on any atom is 0.271 e. The normalized spacial score (nSPS) is 19.0. The molecule has 1 aromatic heterocycles. The van der Waals surface area contributed by atoms with Crippen LogP contribution in [0.2, 0.25) is 0 Å². The summed E-state index contributed by atoms with van der Waals surface area (Å²) in [5.74, 6) is 1.29. The first-order valence-electron chi connectivity index (χ1n) is 8.63. The Labute approximate surface area is 153 Å². The Balaban J connectivity index is 1.68. The summed E-state index contributed by atoms with van der Waals surface area (Å²) in [7, 11) is 1.57. The molecule has 1 aromatic carbocycles. The number of benzene rings is 1. The second-order valence-electron chi connectivity index (χ2n) is 6.86. The van der Waals surface area contributed by atoms with Crippen molar-refractivity contribution in [1.82, 2.24) is 15.5 Å². The van der Waals surface area contributed by atoms with Gasteiger partial charge in [-0.15, -0.1) is 10.2 Å². The van der Waals surface area contributed by atoms with Crippen LogP contribution in [-0.4, -0.2) is 54.6 Å². The summed E-state index contributed by atoms with van der Waals surface area (Å²) < 4.78 is 12.0. The Morgan fingerprint density at radius 2 is 2.04 bits per heavy atom. The van der Waals surface area contributed by atoms with E-state index in [1.165, 1.54) is 0 Å². The molecule has 26 heavy (non-hydrogen) atoms. The smallest absolute Gasteiger partial charge is 0.271 e. The Morgan fingerprint density at radius 1 is 1.27 bits per heavy atom. The van der Waals surface area contributed by atoms with Crippen LogP contribution in [0.1, 0.15) is 24.3 Å². The molecule has 138 valence electrons. The van der Waals surface area contributed by atoms with E-state index in [4.69, 9.17) is 9.47 Å². The summed E-state index contributed by atoms with van der Waals surface area (Å²) in [5, 5.41) is 10.8. The van der Waals surface area contributed by atoms with E-state index in [9.17, 15) is 4.79 Å². The van der Waals surface area contributed by atoms with Gasteiger partial charge >= 0.3 is 0 Å². The van der Waals surface area contributed by atoms with Crippen molar-refractivity contribution < 1.29 is 14.3 Å². The average molecular weight is 356 g/mol. The van der Waals surface area contributed by atoms with Crippen molar-refractivity contribution in [3.63, 3.8) is 0 Å². The van der Waals surface area contributed by atoms with Crippen molar-refractivity contribution in [3.8, 4) is 5.75 Å². The second-order valence-corrected chi connectivity index (χ2v) is 6.86. The Hall–Kier alpha value is -2.67. The zero-order valence-electron chi connectivity index (χ0n) is 15.3. The van der Waals surface area contributed by atoms with Gasteiger partial charge in [-0.2, -0.15) is 0 Å². The van der Waals surface area contributed by atoms with E-state index in [2.05, 4.69) is 20.4 Å². The van der Waals surface area contributed by atoms with Gasteiger partial charge in [-0.25, -0.2) is 0 Å². The second kappa shape index (κ2) is 7.70. The third kappa shape index (κ3) is 4.49. The molecule has 0 unspecified atom stereocenters. The minimum Gasteiger partial charge on any atom is -0.491 e. The molecule has 1 aliphatic heterocycles. The highest BCUT2D eigenvalue weighted by Crippen LogP contribution is 2.25. The maximum absolute atomic E-state index is 11.6. The molecule has 0 spiro atoms. The number of carbonyl (C=O) groups excluding carboxylic acids is 1. The zero-order chi connectivity index (χ0) is 18.6. The number of morpholine rings is 1. The van der Waals surface area contributed by atoms with Crippen molar-refractivity contribution in [3.05, 3.63) is 48.2 Å². The monoisotopic (exact) mass is 356 g/mol. The van der Waals surface area contributed by atoms with E-state index in [1.54, 1.807) is 13.1 Å². The molecule has 1 atom stereocenters.